The second-order valence-corrected chi connectivity index (χ2v) is 7.91. The lowest BCUT2D eigenvalue weighted by Crippen LogP contribution is -2.02. The fourth-order valence-electron chi connectivity index (χ4n) is 2.15. The lowest BCUT2D eigenvalue weighted by molar-refractivity contribution is 0.542. The minimum Gasteiger partial charge on any atom is -0.440 e. The Hall–Kier alpha value is -1.97. The van der Waals surface area contributed by atoms with Gasteiger partial charge in [-0.05, 0) is 40.2 Å². The van der Waals surface area contributed by atoms with E-state index >= 15 is 0 Å². The first-order valence-corrected chi connectivity index (χ1v) is 9.95. The first-order valence-electron chi connectivity index (χ1n) is 7.21. The molecule has 0 amide bonds. The van der Waals surface area contributed by atoms with Gasteiger partial charge in [0.25, 0.3) is 0 Å². The van der Waals surface area contributed by atoms with E-state index in [9.17, 15) is 0 Å². The number of aryl methyl sites for hydroxylation is 1. The largest absolute Gasteiger partial charge is 0.440 e. The Bertz CT molecular complexity index is 911. The molecule has 4 aromatic rings. The summed E-state index contributed by atoms with van der Waals surface area (Å²) in [6, 6.07) is 8.11. The monoisotopic (exact) mass is 375 g/mol. The molecule has 0 unspecified atom stereocenters. The van der Waals surface area contributed by atoms with Crippen molar-refractivity contribution in [3.05, 3.63) is 51.4 Å². The molecular formula is C15H13N5OS3. The molecule has 4 aromatic heterocycles. The van der Waals surface area contributed by atoms with Crippen molar-refractivity contribution in [2.45, 2.75) is 24.4 Å². The number of nitrogens with zero attached hydrogens (tertiary/aromatic N) is 5. The first kappa shape index (κ1) is 15.6. The zero-order valence-corrected chi connectivity index (χ0v) is 15.2. The Labute approximate surface area is 150 Å². The molecular weight excluding hydrogens is 362 g/mol. The first-order chi connectivity index (χ1) is 11.8. The lowest BCUT2D eigenvalue weighted by Gasteiger charge is -2.01. The number of thioether (sulfide) groups is 1. The highest BCUT2D eigenvalue weighted by molar-refractivity contribution is 7.98. The Balaban J connectivity index is 1.47. The van der Waals surface area contributed by atoms with Crippen molar-refractivity contribution in [3.63, 3.8) is 0 Å². The van der Waals surface area contributed by atoms with E-state index in [1.54, 1.807) is 34.4 Å². The molecule has 0 aliphatic carbocycles. The van der Waals surface area contributed by atoms with Crippen LogP contribution in [0.25, 0.3) is 10.8 Å². The highest BCUT2D eigenvalue weighted by Crippen LogP contribution is 2.29. The Morgan fingerprint density at radius 3 is 2.88 bits per heavy atom. The van der Waals surface area contributed by atoms with Crippen LogP contribution in [-0.4, -0.2) is 25.2 Å². The number of hydrogen-bond acceptors (Lipinski definition) is 8. The minimum absolute atomic E-state index is 0.672. The molecule has 6 nitrogen and oxygen atoms in total. The summed E-state index contributed by atoms with van der Waals surface area (Å²) in [6.07, 6.45) is 0. The van der Waals surface area contributed by atoms with Gasteiger partial charge in [-0.3, -0.25) is 0 Å². The normalized spacial score (nSPS) is 11.2. The highest BCUT2D eigenvalue weighted by atomic mass is 32.2. The molecule has 0 N–H and O–H groups in total. The Morgan fingerprint density at radius 1 is 1.21 bits per heavy atom. The summed E-state index contributed by atoms with van der Waals surface area (Å²) < 4.78 is 7.59. The predicted molar refractivity (Wildman–Crippen MR) is 95.4 cm³/mol. The second-order valence-electron chi connectivity index (χ2n) is 4.99. The average Bonchev–Trinajstić information content (AvgIpc) is 3.35. The van der Waals surface area contributed by atoms with Gasteiger partial charge in [0.2, 0.25) is 11.0 Å². The number of rotatable bonds is 6. The fourth-order valence-corrected chi connectivity index (χ4v) is 4.36. The maximum atomic E-state index is 5.77. The van der Waals surface area contributed by atoms with Crippen molar-refractivity contribution in [1.82, 2.24) is 25.2 Å². The molecule has 24 heavy (non-hydrogen) atoms. The van der Waals surface area contributed by atoms with E-state index in [1.165, 1.54) is 4.88 Å². The predicted octanol–water partition coefficient (Wildman–Crippen LogP) is 4.10. The molecule has 9 heteroatoms. The van der Waals surface area contributed by atoms with Gasteiger partial charge in [-0.2, -0.15) is 0 Å². The smallest absolute Gasteiger partial charge is 0.236 e. The van der Waals surface area contributed by atoms with Crippen LogP contribution in [0.4, 0.5) is 0 Å². The molecule has 0 saturated carbocycles. The standard InChI is InChI=1S/C15H13N5OS3/c1-10-12(16-14(21-10)13-5-3-7-23-13)9-24-15-17-18-19-20(15)8-11-4-2-6-22-11/h2-7H,8-9H2,1H3. The summed E-state index contributed by atoms with van der Waals surface area (Å²) in [5.74, 6) is 2.19. The van der Waals surface area contributed by atoms with Crippen molar-refractivity contribution >= 4 is 34.4 Å². The van der Waals surface area contributed by atoms with Gasteiger partial charge in [0.05, 0.1) is 17.1 Å². The molecule has 122 valence electrons. The molecule has 0 spiro atoms. The quantitative estimate of drug-likeness (QED) is 0.473. The molecule has 0 aliphatic heterocycles. The van der Waals surface area contributed by atoms with E-state index in [1.807, 2.05) is 35.2 Å². The number of tetrazole rings is 1. The fraction of sp³-hybridized carbons (Fsp3) is 0.200. The molecule has 0 aliphatic rings. The Morgan fingerprint density at radius 2 is 2.08 bits per heavy atom. The van der Waals surface area contributed by atoms with Gasteiger partial charge in [0.15, 0.2) is 0 Å². The molecule has 4 rings (SSSR count). The minimum atomic E-state index is 0.672. The van der Waals surface area contributed by atoms with Crippen LogP contribution < -0.4 is 0 Å². The summed E-state index contributed by atoms with van der Waals surface area (Å²) >= 11 is 4.88. The molecule has 4 heterocycles. The van der Waals surface area contributed by atoms with Gasteiger partial charge in [0.1, 0.15) is 5.76 Å². The van der Waals surface area contributed by atoms with Crippen LogP contribution in [-0.2, 0) is 12.3 Å². The van der Waals surface area contributed by atoms with Crippen LogP contribution in [0.1, 0.15) is 16.3 Å². The highest BCUT2D eigenvalue weighted by Gasteiger charge is 2.15. The van der Waals surface area contributed by atoms with Crippen LogP contribution in [0.2, 0.25) is 0 Å². The summed E-state index contributed by atoms with van der Waals surface area (Å²) in [4.78, 5) is 6.87. The topological polar surface area (TPSA) is 69.6 Å². The van der Waals surface area contributed by atoms with E-state index in [4.69, 9.17) is 4.42 Å². The molecule has 0 atom stereocenters. The van der Waals surface area contributed by atoms with Gasteiger partial charge in [0, 0.05) is 10.6 Å². The van der Waals surface area contributed by atoms with E-state index in [0.29, 0.717) is 18.2 Å². The summed E-state index contributed by atoms with van der Waals surface area (Å²) in [7, 11) is 0. The number of hydrogen-bond donors (Lipinski definition) is 0. The van der Waals surface area contributed by atoms with Gasteiger partial charge in [-0.25, -0.2) is 9.67 Å². The van der Waals surface area contributed by atoms with Crippen molar-refractivity contribution in [3.8, 4) is 10.8 Å². The molecule has 0 saturated heterocycles. The van der Waals surface area contributed by atoms with E-state index in [0.717, 1.165) is 21.5 Å². The third-order valence-electron chi connectivity index (χ3n) is 3.35. The van der Waals surface area contributed by atoms with Crippen LogP contribution in [0, 0.1) is 6.92 Å². The van der Waals surface area contributed by atoms with Crippen molar-refractivity contribution in [2.75, 3.05) is 0 Å². The third-order valence-corrected chi connectivity index (χ3v) is 6.03. The van der Waals surface area contributed by atoms with Gasteiger partial charge < -0.3 is 4.42 Å². The Kier molecular flexibility index (Phi) is 4.46. The van der Waals surface area contributed by atoms with E-state index in [2.05, 4.69) is 32.0 Å². The third kappa shape index (κ3) is 3.28. The average molecular weight is 376 g/mol. The summed E-state index contributed by atoms with van der Waals surface area (Å²) in [5, 5.41) is 16.8. The van der Waals surface area contributed by atoms with Crippen LogP contribution in [0.3, 0.4) is 0 Å². The van der Waals surface area contributed by atoms with E-state index in [-0.39, 0.29) is 0 Å². The van der Waals surface area contributed by atoms with Crippen molar-refractivity contribution < 1.29 is 4.42 Å². The number of aromatic nitrogens is 5. The van der Waals surface area contributed by atoms with Crippen molar-refractivity contribution in [2.24, 2.45) is 0 Å². The zero-order valence-electron chi connectivity index (χ0n) is 12.7. The molecule has 0 aromatic carbocycles. The number of thiophene rings is 2. The zero-order chi connectivity index (χ0) is 16.4. The lowest BCUT2D eigenvalue weighted by atomic mass is 10.4. The molecule has 0 fully saturated rings. The van der Waals surface area contributed by atoms with Crippen molar-refractivity contribution in [1.29, 1.82) is 0 Å². The van der Waals surface area contributed by atoms with Crippen LogP contribution >= 0.6 is 34.4 Å². The van der Waals surface area contributed by atoms with E-state index < -0.39 is 0 Å². The van der Waals surface area contributed by atoms with Gasteiger partial charge in [-0.15, -0.1) is 27.8 Å². The maximum absolute atomic E-state index is 5.77. The van der Waals surface area contributed by atoms with Crippen LogP contribution in [0.5, 0.6) is 0 Å². The molecule has 0 bridgehead atoms. The summed E-state index contributed by atoms with van der Waals surface area (Å²) in [6.45, 7) is 2.62. The molecule has 0 radical (unpaired) electrons. The maximum Gasteiger partial charge on any atom is 0.236 e. The van der Waals surface area contributed by atoms with Crippen LogP contribution in [0.15, 0.2) is 44.6 Å². The van der Waals surface area contributed by atoms with Gasteiger partial charge in [-0.1, -0.05) is 23.9 Å². The van der Waals surface area contributed by atoms with Gasteiger partial charge >= 0.3 is 0 Å². The second kappa shape index (κ2) is 6.88. The summed E-state index contributed by atoms with van der Waals surface area (Å²) in [5.41, 5.74) is 0.925. The number of oxazole rings is 1. The SMILES string of the molecule is Cc1oc(-c2cccs2)nc1CSc1nnnn1Cc1cccs1.